The molecule has 8 aromatic carbocycles. The molecular formula is C61H47F3N6. The number of alkyl halides is 3. The Morgan fingerprint density at radius 1 is 0.400 bits per heavy atom. The Morgan fingerprint density at radius 2 is 0.900 bits per heavy atom. The number of hydrogen-bond donors (Lipinski definition) is 0. The molecular weight excluding hydrogens is 874 g/mol. The van der Waals surface area contributed by atoms with Gasteiger partial charge in [-0.2, -0.15) is 18.4 Å². The summed E-state index contributed by atoms with van der Waals surface area (Å²) >= 11 is 0. The summed E-state index contributed by atoms with van der Waals surface area (Å²) in [6, 6.07) is 58.3. The Labute approximate surface area is 404 Å². The summed E-state index contributed by atoms with van der Waals surface area (Å²) < 4.78 is 49.3. The first-order chi connectivity index (χ1) is 33.5. The number of halogens is 3. The van der Waals surface area contributed by atoms with Crippen molar-refractivity contribution in [2.75, 3.05) is 0 Å². The minimum absolute atomic E-state index is 0.0796. The molecule has 11 aromatic rings. The van der Waals surface area contributed by atoms with Crippen LogP contribution in [-0.2, 0) is 17.0 Å². The topological polar surface area (TPSA) is 72.3 Å². The summed E-state index contributed by atoms with van der Waals surface area (Å²) in [6.45, 7) is 13.1. The molecule has 6 nitrogen and oxygen atoms in total. The van der Waals surface area contributed by atoms with E-state index in [1.165, 1.54) is 17.7 Å². The van der Waals surface area contributed by atoms with Gasteiger partial charge in [0.05, 0.1) is 50.6 Å². The molecule has 342 valence electrons. The second-order valence-corrected chi connectivity index (χ2v) is 20.0. The van der Waals surface area contributed by atoms with Crippen molar-refractivity contribution in [1.82, 2.24) is 24.1 Å². The molecule has 0 amide bonds. The number of para-hydroxylation sites is 2. The molecule has 3 aromatic heterocycles. The average molecular weight is 921 g/mol. The monoisotopic (exact) mass is 920 g/mol. The number of fused-ring (bicyclic) bond motifs is 6. The molecule has 0 radical (unpaired) electrons. The Bertz CT molecular complexity index is 3910. The minimum atomic E-state index is -4.66. The summed E-state index contributed by atoms with van der Waals surface area (Å²) in [5.74, 6) is 0.652. The van der Waals surface area contributed by atoms with Crippen molar-refractivity contribution in [1.29, 1.82) is 5.26 Å². The Morgan fingerprint density at radius 3 is 1.49 bits per heavy atom. The zero-order chi connectivity index (χ0) is 48.7. The van der Waals surface area contributed by atoms with E-state index < -0.39 is 11.7 Å². The normalized spacial score (nSPS) is 12.3. The van der Waals surface area contributed by atoms with Crippen LogP contribution in [0, 0.1) is 11.3 Å². The average Bonchev–Trinajstić information content (AvgIpc) is 3.87. The Balaban J connectivity index is 1.23. The van der Waals surface area contributed by atoms with Crippen molar-refractivity contribution in [2.45, 2.75) is 58.5 Å². The molecule has 0 atom stereocenters. The van der Waals surface area contributed by atoms with Gasteiger partial charge >= 0.3 is 6.18 Å². The highest BCUT2D eigenvalue weighted by Gasteiger charge is 2.33. The second kappa shape index (κ2) is 16.4. The number of nitrogens with zero attached hydrogens (tertiary/aromatic N) is 6. The zero-order valence-corrected chi connectivity index (χ0v) is 39.6. The van der Waals surface area contributed by atoms with Gasteiger partial charge in [-0.15, -0.1) is 0 Å². The van der Waals surface area contributed by atoms with Gasteiger partial charge in [-0.1, -0.05) is 139 Å². The van der Waals surface area contributed by atoms with Crippen molar-refractivity contribution in [3.63, 3.8) is 0 Å². The molecule has 0 bridgehead atoms. The van der Waals surface area contributed by atoms with Gasteiger partial charge < -0.3 is 9.13 Å². The van der Waals surface area contributed by atoms with Crippen LogP contribution >= 0.6 is 0 Å². The van der Waals surface area contributed by atoms with Gasteiger partial charge in [0.1, 0.15) is 0 Å². The smallest absolute Gasteiger partial charge is 0.309 e. The van der Waals surface area contributed by atoms with E-state index in [-0.39, 0.29) is 28.0 Å². The van der Waals surface area contributed by atoms with Crippen LogP contribution in [-0.4, -0.2) is 24.1 Å². The molecule has 0 aliphatic heterocycles. The number of nitriles is 1. The molecule has 0 aliphatic carbocycles. The van der Waals surface area contributed by atoms with Gasteiger partial charge in [0, 0.05) is 38.2 Å². The lowest BCUT2D eigenvalue weighted by Crippen LogP contribution is -2.11. The van der Waals surface area contributed by atoms with Crippen LogP contribution in [0.1, 0.15) is 63.8 Å². The van der Waals surface area contributed by atoms with Crippen LogP contribution in [0.3, 0.4) is 0 Å². The molecule has 0 unspecified atom stereocenters. The molecule has 0 aliphatic rings. The van der Waals surface area contributed by atoms with E-state index in [1.807, 2.05) is 95.6 Å². The third kappa shape index (κ3) is 7.66. The summed E-state index contributed by atoms with van der Waals surface area (Å²) in [5, 5.41) is 14.0. The van der Waals surface area contributed by atoms with E-state index in [0.717, 1.165) is 72.1 Å². The fraction of sp³-hybridized carbons (Fsp3) is 0.148. The molecule has 0 N–H and O–H groups in total. The fourth-order valence-corrected chi connectivity index (χ4v) is 9.67. The van der Waals surface area contributed by atoms with Gasteiger partial charge in [-0.3, -0.25) is 0 Å². The second-order valence-electron chi connectivity index (χ2n) is 20.0. The van der Waals surface area contributed by atoms with E-state index in [4.69, 9.17) is 15.0 Å². The van der Waals surface area contributed by atoms with Crippen molar-refractivity contribution in [2.24, 2.45) is 0 Å². The van der Waals surface area contributed by atoms with Crippen molar-refractivity contribution < 1.29 is 13.2 Å². The predicted octanol–water partition coefficient (Wildman–Crippen LogP) is 16.2. The first kappa shape index (κ1) is 44.2. The molecule has 11 rings (SSSR count). The first-order valence-corrected chi connectivity index (χ1v) is 23.3. The van der Waals surface area contributed by atoms with Crippen LogP contribution in [0.5, 0.6) is 0 Å². The van der Waals surface area contributed by atoms with Crippen LogP contribution in [0.2, 0.25) is 0 Å². The first-order valence-electron chi connectivity index (χ1n) is 23.3. The van der Waals surface area contributed by atoms with Crippen molar-refractivity contribution in [3.8, 4) is 62.7 Å². The van der Waals surface area contributed by atoms with Crippen LogP contribution < -0.4 is 0 Å². The molecule has 70 heavy (non-hydrogen) atoms. The van der Waals surface area contributed by atoms with E-state index in [1.54, 1.807) is 6.07 Å². The lowest BCUT2D eigenvalue weighted by atomic mass is 9.86. The maximum absolute atomic E-state index is 15.0. The Hall–Kier alpha value is -8.35. The maximum Gasteiger partial charge on any atom is 0.416 e. The standard InChI is InChI=1S/C61H47F3N6/c1-59(2,3)41-24-28-52-47(33-41)44-19-10-12-21-50(44)69(52)54-30-26-43(61(62,63)64)35-49(54)58-67-56(38-16-8-7-9-17-38)66-57(68-58)46-27-23-40(39-18-14-15-37(31-39)36-65)32-55(46)70-51-22-13-11-20-45(51)48-34-42(60(4,5)6)25-29-53(48)70/h7-35H,1-6H3. The Kier molecular flexibility index (Phi) is 10.4. The van der Waals surface area contributed by atoms with Crippen LogP contribution in [0.15, 0.2) is 176 Å². The summed E-state index contributed by atoms with van der Waals surface area (Å²) in [5.41, 5.74) is 9.79. The number of aromatic nitrogens is 5. The third-order valence-electron chi connectivity index (χ3n) is 13.4. The van der Waals surface area contributed by atoms with E-state index in [2.05, 4.69) is 113 Å². The number of benzene rings is 8. The molecule has 3 heterocycles. The molecule has 0 spiro atoms. The van der Waals surface area contributed by atoms with Gasteiger partial charge in [0.25, 0.3) is 0 Å². The highest BCUT2D eigenvalue weighted by atomic mass is 19.4. The third-order valence-corrected chi connectivity index (χ3v) is 13.4. The fourth-order valence-electron chi connectivity index (χ4n) is 9.67. The van der Waals surface area contributed by atoms with Gasteiger partial charge in [0.15, 0.2) is 17.5 Å². The highest BCUT2D eigenvalue weighted by molar-refractivity contribution is 6.11. The lowest BCUT2D eigenvalue weighted by molar-refractivity contribution is -0.137. The molecule has 0 saturated carbocycles. The number of hydrogen-bond acceptors (Lipinski definition) is 4. The van der Waals surface area contributed by atoms with E-state index in [0.29, 0.717) is 28.2 Å². The minimum Gasteiger partial charge on any atom is -0.309 e. The predicted molar refractivity (Wildman–Crippen MR) is 277 cm³/mol. The van der Waals surface area contributed by atoms with E-state index >= 15 is 13.2 Å². The van der Waals surface area contributed by atoms with Gasteiger partial charge in [0.2, 0.25) is 0 Å². The molecule has 0 fully saturated rings. The zero-order valence-electron chi connectivity index (χ0n) is 39.6. The van der Waals surface area contributed by atoms with Crippen molar-refractivity contribution >= 4 is 43.6 Å². The quantitative estimate of drug-likeness (QED) is 0.167. The summed E-state index contributed by atoms with van der Waals surface area (Å²) in [4.78, 5) is 15.5. The molecule has 0 saturated heterocycles. The van der Waals surface area contributed by atoms with Gasteiger partial charge in [-0.05, 0) is 112 Å². The van der Waals surface area contributed by atoms with Crippen LogP contribution in [0.25, 0.3) is 100 Å². The maximum atomic E-state index is 15.0. The summed E-state index contributed by atoms with van der Waals surface area (Å²) in [7, 11) is 0. The highest BCUT2D eigenvalue weighted by Crippen LogP contribution is 2.43. The van der Waals surface area contributed by atoms with Crippen LogP contribution in [0.4, 0.5) is 13.2 Å². The van der Waals surface area contributed by atoms with Gasteiger partial charge in [-0.25, -0.2) is 15.0 Å². The summed E-state index contributed by atoms with van der Waals surface area (Å²) in [6.07, 6.45) is -4.66. The van der Waals surface area contributed by atoms with E-state index in [9.17, 15) is 5.26 Å². The largest absolute Gasteiger partial charge is 0.416 e. The lowest BCUT2D eigenvalue weighted by Gasteiger charge is -2.20. The SMILES string of the molecule is CC(C)(C)c1ccc2c(c1)c1ccccc1n2-c1ccc(C(F)(F)F)cc1-c1nc(-c2ccccc2)nc(-c2ccc(-c3cccc(C#N)c3)cc2-n2c3ccccc3c3cc(C(C)(C)C)ccc32)n1. The molecule has 9 heteroatoms. The van der Waals surface area contributed by atoms with Crippen molar-refractivity contribution in [3.05, 3.63) is 198 Å². The number of rotatable bonds is 6.